The van der Waals surface area contributed by atoms with Crippen LogP contribution >= 0.6 is 11.5 Å². The summed E-state index contributed by atoms with van der Waals surface area (Å²) in [5.41, 5.74) is -1.15. The number of amides is 2. The number of aliphatic carboxylic acids is 1. The van der Waals surface area contributed by atoms with Crippen LogP contribution in [-0.2, 0) is 4.79 Å². The lowest BCUT2D eigenvalue weighted by molar-refractivity contribution is -0.146. The second-order valence-electron chi connectivity index (χ2n) is 3.93. The fourth-order valence-electron chi connectivity index (χ4n) is 1.85. The summed E-state index contributed by atoms with van der Waals surface area (Å²) in [5, 5.41) is 18.8. The highest BCUT2D eigenvalue weighted by Crippen LogP contribution is 2.29. The molecule has 0 spiro atoms. The molecule has 2 N–H and O–H groups in total. The second kappa shape index (κ2) is 4.24. The average molecular weight is 257 g/mol. The Morgan fingerprint density at radius 2 is 2.35 bits per heavy atom. The van der Waals surface area contributed by atoms with Crippen LogP contribution in [-0.4, -0.2) is 48.9 Å². The number of nitrogens with one attached hydrogen (secondary N) is 1. The van der Waals surface area contributed by atoms with E-state index >= 15 is 0 Å². The lowest BCUT2D eigenvalue weighted by Crippen LogP contribution is -2.52. The first-order valence-corrected chi connectivity index (χ1v) is 5.78. The van der Waals surface area contributed by atoms with Crippen LogP contribution < -0.4 is 5.32 Å². The SMILES string of the molecule is CC1(C(=O)O)CCCN1C(=O)Nc1nnns1. The van der Waals surface area contributed by atoms with Gasteiger partial charge in [-0.3, -0.25) is 5.32 Å². The fraction of sp³-hybridized carbons (Fsp3) is 0.625. The highest BCUT2D eigenvalue weighted by Gasteiger charge is 2.46. The predicted octanol–water partition coefficient (Wildman–Crippen LogP) is 0.404. The predicted molar refractivity (Wildman–Crippen MR) is 58.7 cm³/mol. The summed E-state index contributed by atoms with van der Waals surface area (Å²) in [7, 11) is 0. The Balaban J connectivity index is 2.11. The molecule has 1 aromatic rings. The quantitative estimate of drug-likeness (QED) is 0.794. The Morgan fingerprint density at radius 3 is 2.94 bits per heavy atom. The monoisotopic (exact) mass is 257 g/mol. The minimum Gasteiger partial charge on any atom is -0.480 e. The lowest BCUT2D eigenvalue weighted by Gasteiger charge is -2.30. The normalized spacial score (nSPS) is 23.7. The Hall–Kier alpha value is -1.77. The Labute approximate surface area is 101 Å². The molecule has 2 rings (SSSR count). The molecule has 0 aromatic carbocycles. The smallest absolute Gasteiger partial charge is 0.329 e. The molecule has 1 atom stereocenters. The lowest BCUT2D eigenvalue weighted by atomic mass is 10.00. The zero-order valence-electron chi connectivity index (χ0n) is 9.08. The van der Waals surface area contributed by atoms with Crippen molar-refractivity contribution in [2.75, 3.05) is 11.9 Å². The van der Waals surface area contributed by atoms with Gasteiger partial charge in [-0.25, -0.2) is 9.59 Å². The molecule has 8 nitrogen and oxygen atoms in total. The van der Waals surface area contributed by atoms with Gasteiger partial charge in [0.1, 0.15) is 5.54 Å². The number of hydrogen-bond donors (Lipinski definition) is 2. The average Bonchev–Trinajstić information content (AvgIpc) is 2.87. The van der Waals surface area contributed by atoms with Crippen molar-refractivity contribution in [3.8, 4) is 0 Å². The van der Waals surface area contributed by atoms with Crippen LogP contribution in [0.25, 0.3) is 0 Å². The molecule has 1 aliphatic heterocycles. The maximum atomic E-state index is 11.9. The van der Waals surface area contributed by atoms with Gasteiger partial charge in [-0.15, -0.1) is 0 Å². The first-order valence-electron chi connectivity index (χ1n) is 5.01. The largest absolute Gasteiger partial charge is 0.480 e. The van der Waals surface area contributed by atoms with E-state index in [1.165, 1.54) is 4.90 Å². The molecule has 9 heteroatoms. The topological polar surface area (TPSA) is 108 Å². The fourth-order valence-corrected chi connectivity index (χ4v) is 2.21. The third-order valence-electron chi connectivity index (χ3n) is 2.86. The molecule has 1 aromatic heterocycles. The molecule has 1 fully saturated rings. The van der Waals surface area contributed by atoms with Crippen LogP contribution in [0.1, 0.15) is 19.8 Å². The third-order valence-corrected chi connectivity index (χ3v) is 3.37. The molecule has 2 amide bonds. The van der Waals surface area contributed by atoms with Crippen LogP contribution in [0.3, 0.4) is 0 Å². The number of anilines is 1. The van der Waals surface area contributed by atoms with E-state index < -0.39 is 17.5 Å². The number of carboxylic acids is 1. The number of carboxylic acid groups (broad SMARTS) is 1. The molecule has 0 saturated carbocycles. The second-order valence-corrected chi connectivity index (χ2v) is 4.66. The molecule has 92 valence electrons. The van der Waals surface area contributed by atoms with Crippen LogP contribution in [0.4, 0.5) is 9.93 Å². The molecule has 17 heavy (non-hydrogen) atoms. The van der Waals surface area contributed by atoms with E-state index in [0.717, 1.165) is 11.5 Å². The number of rotatable bonds is 2. The van der Waals surface area contributed by atoms with Gasteiger partial charge in [0.2, 0.25) is 5.13 Å². The first kappa shape index (κ1) is 11.7. The van der Waals surface area contributed by atoms with Crippen molar-refractivity contribution >= 4 is 28.7 Å². The number of carbonyl (C=O) groups excluding carboxylic acids is 1. The van der Waals surface area contributed by atoms with Crippen molar-refractivity contribution in [2.45, 2.75) is 25.3 Å². The summed E-state index contributed by atoms with van der Waals surface area (Å²) in [6.07, 6.45) is 1.12. The number of carbonyl (C=O) groups is 2. The maximum absolute atomic E-state index is 11.9. The van der Waals surface area contributed by atoms with E-state index in [4.69, 9.17) is 5.11 Å². The standard InChI is InChI=1S/C8H11N5O3S/c1-8(5(14)15)3-2-4-13(8)7(16)9-6-10-11-12-17-6/h2-4H2,1H3,(H,14,15)(H,9,10,12,16). The molecular formula is C8H11N5O3S. The van der Waals surface area contributed by atoms with Gasteiger partial charge in [0.15, 0.2) is 0 Å². The maximum Gasteiger partial charge on any atom is 0.329 e. The van der Waals surface area contributed by atoms with Gasteiger partial charge in [-0.05, 0) is 25.0 Å². The van der Waals surface area contributed by atoms with E-state index in [1.54, 1.807) is 6.92 Å². The van der Waals surface area contributed by atoms with Crippen molar-refractivity contribution in [1.82, 2.24) is 19.7 Å². The van der Waals surface area contributed by atoms with E-state index in [9.17, 15) is 9.59 Å². The highest BCUT2D eigenvalue weighted by molar-refractivity contribution is 7.09. The van der Waals surface area contributed by atoms with Crippen molar-refractivity contribution in [3.05, 3.63) is 0 Å². The molecule has 0 radical (unpaired) electrons. The van der Waals surface area contributed by atoms with E-state index in [2.05, 4.69) is 20.1 Å². The summed E-state index contributed by atoms with van der Waals surface area (Å²) in [6, 6.07) is -0.481. The number of urea groups is 1. The van der Waals surface area contributed by atoms with Crippen molar-refractivity contribution < 1.29 is 14.7 Å². The molecule has 2 heterocycles. The van der Waals surface area contributed by atoms with Gasteiger partial charge >= 0.3 is 12.0 Å². The molecule has 0 bridgehead atoms. The zero-order chi connectivity index (χ0) is 12.5. The van der Waals surface area contributed by atoms with E-state index in [0.29, 0.717) is 19.4 Å². The van der Waals surface area contributed by atoms with E-state index in [-0.39, 0.29) is 5.13 Å². The summed E-state index contributed by atoms with van der Waals surface area (Å²) in [4.78, 5) is 24.4. The van der Waals surface area contributed by atoms with Crippen molar-refractivity contribution in [1.29, 1.82) is 0 Å². The van der Waals surface area contributed by atoms with Crippen LogP contribution in [0, 0.1) is 0 Å². The third kappa shape index (κ3) is 2.05. The summed E-state index contributed by atoms with van der Waals surface area (Å²) < 4.78 is 3.50. The van der Waals surface area contributed by atoms with Crippen molar-refractivity contribution in [2.24, 2.45) is 0 Å². The van der Waals surface area contributed by atoms with Gasteiger partial charge in [0.05, 0.1) is 0 Å². The van der Waals surface area contributed by atoms with Crippen LogP contribution in [0.5, 0.6) is 0 Å². The van der Waals surface area contributed by atoms with Gasteiger partial charge in [-0.1, -0.05) is 9.59 Å². The Kier molecular flexibility index (Phi) is 2.92. The van der Waals surface area contributed by atoms with E-state index in [1.807, 2.05) is 0 Å². The molecule has 1 saturated heterocycles. The minimum absolute atomic E-state index is 0.259. The molecule has 1 aliphatic rings. The highest BCUT2D eigenvalue weighted by atomic mass is 32.1. The summed E-state index contributed by atoms with van der Waals surface area (Å²) in [5.74, 6) is -1.000. The Bertz CT molecular complexity index is 436. The number of likely N-dealkylation sites (tertiary alicyclic amines) is 1. The Morgan fingerprint density at radius 1 is 1.59 bits per heavy atom. The zero-order valence-corrected chi connectivity index (χ0v) is 9.90. The molecule has 1 unspecified atom stereocenters. The van der Waals surface area contributed by atoms with Gasteiger partial charge in [0, 0.05) is 18.1 Å². The minimum atomic E-state index is -1.15. The number of hydrogen-bond acceptors (Lipinski definition) is 6. The molecule has 0 aliphatic carbocycles. The molecular weight excluding hydrogens is 246 g/mol. The number of aromatic nitrogens is 3. The summed E-state index contributed by atoms with van der Waals surface area (Å²) >= 11 is 0.940. The van der Waals surface area contributed by atoms with Gasteiger partial charge in [0.25, 0.3) is 0 Å². The summed E-state index contributed by atoms with van der Waals surface area (Å²) in [6.45, 7) is 1.96. The first-order chi connectivity index (χ1) is 8.04. The van der Waals surface area contributed by atoms with Crippen molar-refractivity contribution in [3.63, 3.8) is 0 Å². The van der Waals surface area contributed by atoms with Crippen LogP contribution in [0.2, 0.25) is 0 Å². The number of nitrogens with zero attached hydrogens (tertiary/aromatic N) is 4. The van der Waals surface area contributed by atoms with Crippen LogP contribution in [0.15, 0.2) is 0 Å². The van der Waals surface area contributed by atoms with Gasteiger partial charge < -0.3 is 10.0 Å². The van der Waals surface area contributed by atoms with Gasteiger partial charge in [-0.2, -0.15) is 0 Å².